The summed E-state index contributed by atoms with van der Waals surface area (Å²) < 4.78 is 23.5. The molecule has 28 heavy (non-hydrogen) atoms. The number of hydrogen-bond acceptors (Lipinski definition) is 5. The fourth-order valence-corrected chi connectivity index (χ4v) is 2.52. The van der Waals surface area contributed by atoms with Gasteiger partial charge in [0.1, 0.15) is 23.4 Å². The van der Waals surface area contributed by atoms with Crippen molar-refractivity contribution >= 4 is 11.7 Å². The summed E-state index contributed by atoms with van der Waals surface area (Å²) in [6.07, 6.45) is 2.44. The van der Waals surface area contributed by atoms with Gasteiger partial charge in [0.25, 0.3) is 0 Å². The maximum absolute atomic E-state index is 12.9. The zero-order chi connectivity index (χ0) is 19.9. The highest BCUT2D eigenvalue weighted by Gasteiger charge is 2.16. The van der Waals surface area contributed by atoms with Gasteiger partial charge in [0.2, 0.25) is 5.88 Å². The first-order valence-corrected chi connectivity index (χ1v) is 8.68. The molecule has 0 aliphatic carbocycles. The molecule has 2 heterocycles. The zero-order valence-corrected chi connectivity index (χ0v) is 15.1. The summed E-state index contributed by atoms with van der Waals surface area (Å²) >= 11 is 0. The van der Waals surface area contributed by atoms with E-state index in [0.29, 0.717) is 29.5 Å². The lowest BCUT2D eigenvalue weighted by Crippen LogP contribution is -2.37. The van der Waals surface area contributed by atoms with E-state index in [0.717, 1.165) is 0 Å². The summed E-state index contributed by atoms with van der Waals surface area (Å²) in [4.78, 5) is 16.2. The molecule has 7 nitrogen and oxygen atoms in total. The molecule has 1 aromatic carbocycles. The molecule has 0 saturated carbocycles. The van der Waals surface area contributed by atoms with E-state index in [4.69, 9.17) is 9.15 Å². The quantitative estimate of drug-likeness (QED) is 0.565. The number of hydrogen-bond donors (Lipinski definition) is 3. The molecule has 0 unspecified atom stereocenters. The van der Waals surface area contributed by atoms with Crippen molar-refractivity contribution in [1.82, 2.24) is 10.3 Å². The fraction of sp³-hybridized carbons (Fsp3) is 0.200. The molecule has 8 heteroatoms. The number of nitrogens with zero attached hydrogens (tertiary/aromatic N) is 1. The number of carbonyl (C=O) groups is 1. The lowest BCUT2D eigenvalue weighted by atomic mass is 10.1. The van der Waals surface area contributed by atoms with Gasteiger partial charge >= 0.3 is 6.03 Å². The predicted octanol–water partition coefficient (Wildman–Crippen LogP) is 4.24. The van der Waals surface area contributed by atoms with Gasteiger partial charge in [-0.1, -0.05) is 0 Å². The third-order valence-electron chi connectivity index (χ3n) is 3.86. The second-order valence-corrected chi connectivity index (χ2v) is 6.21. The Balaban J connectivity index is 1.47. The van der Waals surface area contributed by atoms with Gasteiger partial charge in [0.15, 0.2) is 0 Å². The van der Waals surface area contributed by atoms with E-state index in [1.165, 1.54) is 36.7 Å². The smallest absolute Gasteiger partial charge is 0.319 e. The number of aliphatic hydroxyl groups excluding tert-OH is 1. The van der Waals surface area contributed by atoms with Gasteiger partial charge in [0, 0.05) is 18.5 Å². The Morgan fingerprint density at radius 2 is 2.04 bits per heavy atom. The number of urea groups is 1. The lowest BCUT2D eigenvalue weighted by molar-refractivity contribution is 0.130. The molecular formula is C20H20FN3O4. The predicted molar refractivity (Wildman–Crippen MR) is 101 cm³/mol. The van der Waals surface area contributed by atoms with E-state index >= 15 is 0 Å². The number of benzene rings is 1. The molecule has 0 saturated heterocycles. The van der Waals surface area contributed by atoms with Crippen LogP contribution in [0.2, 0.25) is 0 Å². The minimum Gasteiger partial charge on any atom is -0.467 e. The van der Waals surface area contributed by atoms with Gasteiger partial charge in [-0.3, -0.25) is 0 Å². The van der Waals surface area contributed by atoms with Crippen LogP contribution in [0.1, 0.15) is 25.2 Å². The normalized spacial score (nSPS) is 12.8. The highest BCUT2D eigenvalue weighted by atomic mass is 19.1. The Hall–Kier alpha value is -3.39. The van der Waals surface area contributed by atoms with Gasteiger partial charge in [-0.05, 0) is 49.4 Å². The van der Waals surface area contributed by atoms with Crippen molar-refractivity contribution in [2.75, 3.05) is 5.32 Å². The standard InChI is InChI=1S/C20H20FN3O4/c1-13(11-17(25)18-3-2-10-27-18)23-20(26)24-15-6-9-19(22-12-15)28-16-7-4-14(21)5-8-16/h2-10,12-13,17,25H,11H2,1H3,(H2,23,24,26)/t13-,17-/m1/s1. The monoisotopic (exact) mass is 385 g/mol. The number of furan rings is 1. The summed E-state index contributed by atoms with van der Waals surface area (Å²) in [5.74, 6) is 0.871. The number of carbonyl (C=O) groups excluding carboxylic acids is 1. The van der Waals surface area contributed by atoms with Crippen molar-refractivity contribution in [2.45, 2.75) is 25.5 Å². The number of nitrogens with one attached hydrogen (secondary N) is 2. The van der Waals surface area contributed by atoms with Crippen molar-refractivity contribution in [3.63, 3.8) is 0 Å². The van der Waals surface area contributed by atoms with Crippen LogP contribution in [0.5, 0.6) is 11.6 Å². The second kappa shape index (κ2) is 9.01. The average Bonchev–Trinajstić information content (AvgIpc) is 3.20. The Morgan fingerprint density at radius 1 is 1.25 bits per heavy atom. The van der Waals surface area contributed by atoms with Gasteiger partial charge in [0.05, 0.1) is 18.1 Å². The van der Waals surface area contributed by atoms with E-state index < -0.39 is 12.1 Å². The van der Waals surface area contributed by atoms with Crippen molar-refractivity contribution in [3.05, 3.63) is 72.6 Å². The minimum atomic E-state index is -0.796. The Morgan fingerprint density at radius 3 is 2.68 bits per heavy atom. The van der Waals surface area contributed by atoms with Crippen LogP contribution in [-0.2, 0) is 0 Å². The number of rotatable bonds is 7. The maximum Gasteiger partial charge on any atom is 0.319 e. The van der Waals surface area contributed by atoms with Gasteiger partial charge in [-0.25, -0.2) is 14.2 Å². The van der Waals surface area contributed by atoms with Crippen LogP contribution in [0.15, 0.2) is 65.4 Å². The van der Waals surface area contributed by atoms with Crippen molar-refractivity contribution in [1.29, 1.82) is 0 Å². The molecule has 0 bridgehead atoms. The molecule has 0 fully saturated rings. The summed E-state index contributed by atoms with van der Waals surface area (Å²) in [5, 5.41) is 15.4. The molecule has 146 valence electrons. The number of amides is 2. The molecule has 0 spiro atoms. The molecule has 3 rings (SSSR count). The Labute approximate surface area is 161 Å². The van der Waals surface area contributed by atoms with Crippen molar-refractivity contribution in [2.24, 2.45) is 0 Å². The number of aromatic nitrogens is 1. The highest BCUT2D eigenvalue weighted by Crippen LogP contribution is 2.21. The Bertz CT molecular complexity index is 883. The number of ether oxygens (including phenoxy) is 1. The topological polar surface area (TPSA) is 96.6 Å². The first-order valence-electron chi connectivity index (χ1n) is 8.68. The van der Waals surface area contributed by atoms with E-state index in [9.17, 15) is 14.3 Å². The first-order chi connectivity index (χ1) is 13.5. The molecule has 0 aliphatic rings. The third-order valence-corrected chi connectivity index (χ3v) is 3.86. The molecule has 3 N–H and O–H groups in total. The second-order valence-electron chi connectivity index (χ2n) is 6.21. The summed E-state index contributed by atoms with van der Waals surface area (Å²) in [7, 11) is 0. The summed E-state index contributed by atoms with van der Waals surface area (Å²) in [5.41, 5.74) is 0.475. The van der Waals surface area contributed by atoms with Crippen LogP contribution in [0, 0.1) is 5.82 Å². The molecule has 0 aliphatic heterocycles. The Kier molecular flexibility index (Phi) is 6.23. The first kappa shape index (κ1) is 19.4. The van der Waals surface area contributed by atoms with E-state index in [1.54, 1.807) is 31.2 Å². The van der Waals surface area contributed by atoms with Gasteiger partial charge in [-0.2, -0.15) is 0 Å². The molecular weight excluding hydrogens is 365 g/mol. The highest BCUT2D eigenvalue weighted by molar-refractivity contribution is 5.89. The molecule has 3 aromatic rings. The van der Waals surface area contributed by atoms with Crippen LogP contribution >= 0.6 is 0 Å². The number of aliphatic hydroxyl groups is 1. The zero-order valence-electron chi connectivity index (χ0n) is 15.1. The van der Waals surface area contributed by atoms with Crippen molar-refractivity contribution < 1.29 is 23.4 Å². The minimum absolute atomic E-state index is 0.283. The van der Waals surface area contributed by atoms with Crippen LogP contribution in [-0.4, -0.2) is 22.2 Å². The van der Waals surface area contributed by atoms with Crippen LogP contribution in [0.25, 0.3) is 0 Å². The molecule has 0 radical (unpaired) electrons. The summed E-state index contributed by atoms with van der Waals surface area (Å²) in [6.45, 7) is 1.78. The van der Waals surface area contributed by atoms with Crippen LogP contribution in [0.3, 0.4) is 0 Å². The molecule has 2 aromatic heterocycles. The van der Waals surface area contributed by atoms with Crippen molar-refractivity contribution in [3.8, 4) is 11.6 Å². The third kappa shape index (κ3) is 5.55. The van der Waals surface area contributed by atoms with Gasteiger partial charge in [-0.15, -0.1) is 0 Å². The SMILES string of the molecule is C[C@H](C[C@@H](O)c1ccco1)NC(=O)Nc1ccc(Oc2ccc(F)cc2)nc1. The molecule has 2 atom stereocenters. The lowest BCUT2D eigenvalue weighted by Gasteiger charge is -2.17. The van der Waals surface area contributed by atoms with E-state index in [1.807, 2.05) is 0 Å². The number of pyridine rings is 1. The van der Waals surface area contributed by atoms with E-state index in [-0.39, 0.29) is 11.9 Å². The average molecular weight is 385 g/mol. The maximum atomic E-state index is 12.9. The van der Waals surface area contributed by atoms with Crippen LogP contribution in [0.4, 0.5) is 14.9 Å². The summed E-state index contributed by atoms with van der Waals surface area (Å²) in [6, 6.07) is 11.5. The van der Waals surface area contributed by atoms with Crippen LogP contribution < -0.4 is 15.4 Å². The van der Waals surface area contributed by atoms with E-state index in [2.05, 4.69) is 15.6 Å². The van der Waals surface area contributed by atoms with Gasteiger partial charge < -0.3 is 24.9 Å². The fourth-order valence-electron chi connectivity index (χ4n) is 2.52. The molecule has 2 amide bonds. The number of halogens is 1. The number of anilines is 1. The largest absolute Gasteiger partial charge is 0.467 e.